The largest absolute Gasteiger partial charge is 0.480 e. The number of hydrogen-bond acceptors (Lipinski definition) is 4. The maximum absolute atomic E-state index is 11.8. The minimum atomic E-state index is -0.0671. The van der Waals surface area contributed by atoms with Crippen LogP contribution in [0.2, 0.25) is 0 Å². The van der Waals surface area contributed by atoms with Gasteiger partial charge in [-0.1, -0.05) is 19.3 Å². The molecule has 0 spiro atoms. The van der Waals surface area contributed by atoms with Gasteiger partial charge in [-0.25, -0.2) is 4.68 Å². The van der Waals surface area contributed by atoms with Crippen LogP contribution in [0.4, 0.5) is 0 Å². The van der Waals surface area contributed by atoms with E-state index >= 15 is 0 Å². The lowest BCUT2D eigenvalue weighted by molar-refractivity contribution is 0.177. The zero-order chi connectivity index (χ0) is 13.0. The normalized spacial score (nSPS) is 18.6. The summed E-state index contributed by atoms with van der Waals surface area (Å²) in [6, 6.07) is 3.12. The molecule has 1 fully saturated rings. The van der Waals surface area contributed by atoms with Crippen molar-refractivity contribution < 1.29 is 4.74 Å². The molecule has 1 aliphatic carbocycles. The standard InChI is InChI=1S/C13H20N2O2S/c1-17-11-5-6-12(16)15(14-11)9-13(10-18)7-3-2-4-8-13/h5-6,18H,2-4,7-10H2,1H3. The highest BCUT2D eigenvalue weighted by Crippen LogP contribution is 2.38. The van der Waals surface area contributed by atoms with Crippen LogP contribution in [0.25, 0.3) is 0 Å². The van der Waals surface area contributed by atoms with E-state index in [0.717, 1.165) is 18.6 Å². The summed E-state index contributed by atoms with van der Waals surface area (Å²) >= 11 is 4.49. The molecular formula is C13H20N2O2S. The van der Waals surface area contributed by atoms with Crippen LogP contribution in [0.3, 0.4) is 0 Å². The first-order chi connectivity index (χ1) is 8.69. The predicted molar refractivity (Wildman–Crippen MR) is 74.4 cm³/mol. The maximum atomic E-state index is 11.8. The van der Waals surface area contributed by atoms with Crippen LogP contribution >= 0.6 is 12.6 Å². The monoisotopic (exact) mass is 268 g/mol. The van der Waals surface area contributed by atoms with Crippen molar-refractivity contribution in [1.82, 2.24) is 9.78 Å². The zero-order valence-corrected chi connectivity index (χ0v) is 11.7. The van der Waals surface area contributed by atoms with Gasteiger partial charge < -0.3 is 4.74 Å². The highest BCUT2D eigenvalue weighted by molar-refractivity contribution is 7.80. The lowest BCUT2D eigenvalue weighted by Gasteiger charge is -2.35. The third-order valence-corrected chi connectivity index (χ3v) is 4.46. The Hall–Kier alpha value is -0.970. The summed E-state index contributed by atoms with van der Waals surface area (Å²) in [5, 5.41) is 4.23. The zero-order valence-electron chi connectivity index (χ0n) is 10.8. The summed E-state index contributed by atoms with van der Waals surface area (Å²) in [7, 11) is 1.56. The van der Waals surface area contributed by atoms with E-state index in [1.165, 1.54) is 30.0 Å². The number of aromatic nitrogens is 2. The second-order valence-electron chi connectivity index (χ2n) is 5.09. The van der Waals surface area contributed by atoms with Crippen molar-refractivity contribution in [2.24, 2.45) is 5.41 Å². The average Bonchev–Trinajstić information content (AvgIpc) is 2.42. The number of rotatable bonds is 4. The highest BCUT2D eigenvalue weighted by atomic mass is 32.1. The van der Waals surface area contributed by atoms with Crippen molar-refractivity contribution in [2.45, 2.75) is 38.6 Å². The Bertz CT molecular complexity index is 453. The van der Waals surface area contributed by atoms with Gasteiger partial charge in [0.2, 0.25) is 5.88 Å². The molecule has 0 saturated heterocycles. The van der Waals surface area contributed by atoms with Crippen molar-refractivity contribution in [3.63, 3.8) is 0 Å². The quantitative estimate of drug-likeness (QED) is 0.851. The van der Waals surface area contributed by atoms with Gasteiger partial charge in [0, 0.05) is 12.1 Å². The third kappa shape index (κ3) is 2.88. The van der Waals surface area contributed by atoms with Crippen LogP contribution in [0, 0.1) is 5.41 Å². The van der Waals surface area contributed by atoms with E-state index in [2.05, 4.69) is 17.7 Å². The Morgan fingerprint density at radius 3 is 2.72 bits per heavy atom. The van der Waals surface area contributed by atoms with E-state index in [0.29, 0.717) is 12.4 Å². The van der Waals surface area contributed by atoms with Gasteiger partial charge in [-0.15, -0.1) is 5.10 Å². The number of methoxy groups -OCH3 is 1. The molecule has 0 radical (unpaired) electrons. The van der Waals surface area contributed by atoms with Crippen LogP contribution in [0.15, 0.2) is 16.9 Å². The van der Waals surface area contributed by atoms with Gasteiger partial charge in [0.25, 0.3) is 5.56 Å². The van der Waals surface area contributed by atoms with Gasteiger partial charge in [-0.2, -0.15) is 12.6 Å². The molecule has 1 aliphatic rings. The van der Waals surface area contributed by atoms with Crippen molar-refractivity contribution in [1.29, 1.82) is 0 Å². The molecule has 0 amide bonds. The van der Waals surface area contributed by atoms with E-state index in [4.69, 9.17) is 4.74 Å². The maximum Gasteiger partial charge on any atom is 0.266 e. The molecule has 18 heavy (non-hydrogen) atoms. The van der Waals surface area contributed by atoms with Crippen LogP contribution < -0.4 is 10.3 Å². The molecule has 0 aliphatic heterocycles. The fourth-order valence-corrected chi connectivity index (χ4v) is 3.05. The summed E-state index contributed by atoms with van der Waals surface area (Å²) in [5.74, 6) is 1.29. The van der Waals surface area contributed by atoms with E-state index < -0.39 is 0 Å². The highest BCUT2D eigenvalue weighted by Gasteiger charge is 2.31. The van der Waals surface area contributed by atoms with Crippen molar-refractivity contribution in [2.75, 3.05) is 12.9 Å². The second-order valence-corrected chi connectivity index (χ2v) is 5.41. The molecule has 100 valence electrons. The summed E-state index contributed by atoms with van der Waals surface area (Å²) < 4.78 is 6.60. The first kappa shape index (κ1) is 13.5. The summed E-state index contributed by atoms with van der Waals surface area (Å²) in [5.41, 5.74) is 0.0485. The number of ether oxygens (including phenoxy) is 1. The molecule has 0 bridgehead atoms. The first-order valence-electron chi connectivity index (χ1n) is 6.42. The van der Waals surface area contributed by atoms with Crippen LogP contribution in [0.1, 0.15) is 32.1 Å². The molecule has 1 saturated carbocycles. The molecule has 1 heterocycles. The third-order valence-electron chi connectivity index (χ3n) is 3.79. The second kappa shape index (κ2) is 5.78. The fraction of sp³-hybridized carbons (Fsp3) is 0.692. The molecule has 4 nitrogen and oxygen atoms in total. The Labute approximate surface area is 113 Å². The summed E-state index contributed by atoms with van der Waals surface area (Å²) in [6.07, 6.45) is 5.98. The molecule has 1 aromatic rings. The Balaban J connectivity index is 2.23. The van der Waals surface area contributed by atoms with Gasteiger partial charge in [-0.05, 0) is 24.0 Å². The van der Waals surface area contributed by atoms with E-state index in [1.54, 1.807) is 13.2 Å². The Morgan fingerprint density at radius 2 is 2.11 bits per heavy atom. The van der Waals surface area contributed by atoms with Gasteiger partial charge in [0.05, 0.1) is 13.7 Å². The van der Waals surface area contributed by atoms with Crippen LogP contribution in [-0.4, -0.2) is 22.6 Å². The van der Waals surface area contributed by atoms with Crippen molar-refractivity contribution in [3.8, 4) is 5.88 Å². The van der Waals surface area contributed by atoms with E-state index in [9.17, 15) is 4.79 Å². The average molecular weight is 268 g/mol. The van der Waals surface area contributed by atoms with Gasteiger partial charge in [0.1, 0.15) is 0 Å². The van der Waals surface area contributed by atoms with Crippen LogP contribution in [0.5, 0.6) is 5.88 Å². The fourth-order valence-electron chi connectivity index (χ4n) is 2.64. The molecular weight excluding hydrogens is 248 g/mol. The van der Waals surface area contributed by atoms with Gasteiger partial charge >= 0.3 is 0 Å². The number of thiol groups is 1. The summed E-state index contributed by atoms with van der Waals surface area (Å²) in [6.45, 7) is 0.645. The SMILES string of the molecule is COc1ccc(=O)n(CC2(CS)CCCCC2)n1. The molecule has 5 heteroatoms. The van der Waals surface area contributed by atoms with Crippen molar-refractivity contribution in [3.05, 3.63) is 22.5 Å². The molecule has 0 atom stereocenters. The Morgan fingerprint density at radius 1 is 1.39 bits per heavy atom. The Kier molecular flexibility index (Phi) is 4.32. The molecule has 0 aromatic carbocycles. The van der Waals surface area contributed by atoms with E-state index in [1.807, 2.05) is 0 Å². The minimum absolute atomic E-state index is 0.0671. The molecule has 0 N–H and O–H groups in total. The van der Waals surface area contributed by atoms with E-state index in [-0.39, 0.29) is 11.0 Å². The summed E-state index contributed by atoms with van der Waals surface area (Å²) in [4.78, 5) is 11.8. The lowest BCUT2D eigenvalue weighted by Crippen LogP contribution is -2.36. The van der Waals surface area contributed by atoms with Crippen LogP contribution in [-0.2, 0) is 6.54 Å². The first-order valence-corrected chi connectivity index (χ1v) is 7.05. The molecule has 2 rings (SSSR count). The molecule has 1 aromatic heterocycles. The van der Waals surface area contributed by atoms with Gasteiger partial charge in [-0.3, -0.25) is 4.79 Å². The smallest absolute Gasteiger partial charge is 0.266 e. The van der Waals surface area contributed by atoms with Gasteiger partial charge in [0.15, 0.2) is 0 Å². The number of nitrogens with zero attached hydrogens (tertiary/aromatic N) is 2. The lowest BCUT2D eigenvalue weighted by atomic mass is 9.75. The predicted octanol–water partition coefficient (Wildman–Crippen LogP) is 2.13. The number of hydrogen-bond donors (Lipinski definition) is 1. The molecule has 0 unspecified atom stereocenters. The topological polar surface area (TPSA) is 44.1 Å². The minimum Gasteiger partial charge on any atom is -0.480 e. The van der Waals surface area contributed by atoms with Crippen molar-refractivity contribution >= 4 is 12.6 Å².